The summed E-state index contributed by atoms with van der Waals surface area (Å²) in [5.74, 6) is -0.101. The van der Waals surface area contributed by atoms with Crippen molar-refractivity contribution in [3.63, 3.8) is 0 Å². The van der Waals surface area contributed by atoms with Gasteiger partial charge < -0.3 is 14.8 Å². The first-order valence-corrected chi connectivity index (χ1v) is 5.95. The molecule has 1 N–H and O–H groups in total. The maximum absolute atomic E-state index is 13.4. The largest absolute Gasteiger partial charge is 0.488 e. The van der Waals surface area contributed by atoms with Crippen molar-refractivity contribution in [1.82, 2.24) is 5.32 Å². The minimum absolute atomic E-state index is 0.00297. The van der Waals surface area contributed by atoms with Crippen molar-refractivity contribution in [2.24, 2.45) is 0 Å². The summed E-state index contributed by atoms with van der Waals surface area (Å²) in [6.07, 6.45) is -0.00297. The molecule has 0 bridgehead atoms. The minimum Gasteiger partial charge on any atom is -0.488 e. The molecular formula is C11H13BrFNO2. The van der Waals surface area contributed by atoms with Crippen LogP contribution in [0.4, 0.5) is 4.39 Å². The van der Waals surface area contributed by atoms with Crippen LogP contribution in [0.5, 0.6) is 5.75 Å². The molecule has 1 aliphatic rings. The number of hydrogen-bond donors (Lipinski definition) is 1. The Morgan fingerprint density at radius 2 is 2.44 bits per heavy atom. The van der Waals surface area contributed by atoms with E-state index in [9.17, 15) is 4.39 Å². The predicted octanol–water partition coefficient (Wildman–Crippen LogP) is 1.96. The Hall–Kier alpha value is -0.650. The average molecular weight is 290 g/mol. The fourth-order valence-corrected chi connectivity index (χ4v) is 1.83. The van der Waals surface area contributed by atoms with E-state index in [1.807, 2.05) is 0 Å². The summed E-state index contributed by atoms with van der Waals surface area (Å²) in [6.45, 7) is 2.66. The van der Waals surface area contributed by atoms with Crippen LogP contribution in [0.1, 0.15) is 0 Å². The molecule has 3 nitrogen and oxygen atoms in total. The van der Waals surface area contributed by atoms with Crippen LogP contribution in [0.25, 0.3) is 0 Å². The molecule has 0 radical (unpaired) electrons. The molecular weight excluding hydrogens is 277 g/mol. The summed E-state index contributed by atoms with van der Waals surface area (Å²) in [7, 11) is 0. The van der Waals surface area contributed by atoms with E-state index >= 15 is 0 Å². The van der Waals surface area contributed by atoms with Crippen molar-refractivity contribution in [2.75, 3.05) is 26.3 Å². The van der Waals surface area contributed by atoms with Crippen LogP contribution in [-0.2, 0) is 4.74 Å². The molecule has 0 saturated carbocycles. The molecule has 2 rings (SSSR count). The van der Waals surface area contributed by atoms with Crippen LogP contribution in [0.3, 0.4) is 0 Å². The highest BCUT2D eigenvalue weighted by molar-refractivity contribution is 9.10. The van der Waals surface area contributed by atoms with Gasteiger partial charge in [-0.25, -0.2) is 4.39 Å². The highest BCUT2D eigenvalue weighted by Gasteiger charge is 2.14. The Labute approximate surface area is 102 Å². The second kappa shape index (κ2) is 5.61. The van der Waals surface area contributed by atoms with E-state index in [-0.39, 0.29) is 17.7 Å². The highest BCUT2D eigenvalue weighted by atomic mass is 79.9. The Bertz CT molecular complexity index is 356. The standard InChI is InChI=1S/C11H13BrFNO2/c12-8-1-2-11(10(13)5-8)16-7-9-6-14-3-4-15-9/h1-2,5,9,14H,3-4,6-7H2. The second-order valence-electron chi connectivity index (χ2n) is 3.58. The number of nitrogens with one attached hydrogen (secondary N) is 1. The quantitative estimate of drug-likeness (QED) is 0.923. The number of ether oxygens (including phenoxy) is 2. The Morgan fingerprint density at radius 3 is 3.12 bits per heavy atom. The van der Waals surface area contributed by atoms with Gasteiger partial charge >= 0.3 is 0 Å². The van der Waals surface area contributed by atoms with Gasteiger partial charge in [-0.2, -0.15) is 0 Å². The number of benzene rings is 1. The van der Waals surface area contributed by atoms with Crippen molar-refractivity contribution in [3.05, 3.63) is 28.5 Å². The lowest BCUT2D eigenvalue weighted by Crippen LogP contribution is -2.41. The smallest absolute Gasteiger partial charge is 0.166 e. The molecule has 88 valence electrons. The normalized spacial score (nSPS) is 20.8. The molecule has 5 heteroatoms. The molecule has 0 aliphatic carbocycles. The van der Waals surface area contributed by atoms with Crippen molar-refractivity contribution in [2.45, 2.75) is 6.10 Å². The first-order chi connectivity index (χ1) is 7.75. The summed E-state index contributed by atoms with van der Waals surface area (Å²) in [6, 6.07) is 4.74. The molecule has 1 unspecified atom stereocenters. The van der Waals surface area contributed by atoms with E-state index in [0.717, 1.165) is 13.1 Å². The molecule has 0 spiro atoms. The minimum atomic E-state index is -0.363. The van der Waals surface area contributed by atoms with Gasteiger partial charge in [-0.1, -0.05) is 15.9 Å². The van der Waals surface area contributed by atoms with Gasteiger partial charge in [-0.15, -0.1) is 0 Å². The van der Waals surface area contributed by atoms with Gasteiger partial charge in [-0.05, 0) is 18.2 Å². The van der Waals surface area contributed by atoms with Gasteiger partial charge in [0.05, 0.1) is 6.61 Å². The van der Waals surface area contributed by atoms with Crippen LogP contribution in [-0.4, -0.2) is 32.4 Å². The van der Waals surface area contributed by atoms with E-state index in [1.54, 1.807) is 12.1 Å². The van der Waals surface area contributed by atoms with Crippen LogP contribution in [0.2, 0.25) is 0 Å². The van der Waals surface area contributed by atoms with Crippen LogP contribution < -0.4 is 10.1 Å². The third-order valence-corrected chi connectivity index (χ3v) is 2.82. The number of rotatable bonds is 3. The zero-order valence-corrected chi connectivity index (χ0v) is 10.3. The summed E-state index contributed by atoms with van der Waals surface area (Å²) in [4.78, 5) is 0. The van der Waals surface area contributed by atoms with Crippen molar-refractivity contribution < 1.29 is 13.9 Å². The van der Waals surface area contributed by atoms with Crippen LogP contribution in [0, 0.1) is 5.82 Å². The molecule has 1 heterocycles. The first kappa shape index (κ1) is 11.8. The molecule has 1 atom stereocenters. The molecule has 0 amide bonds. The topological polar surface area (TPSA) is 30.5 Å². The second-order valence-corrected chi connectivity index (χ2v) is 4.50. The zero-order valence-electron chi connectivity index (χ0n) is 8.71. The summed E-state index contributed by atoms with van der Waals surface area (Å²) in [5.41, 5.74) is 0. The summed E-state index contributed by atoms with van der Waals surface area (Å²) in [5, 5.41) is 3.19. The Balaban J connectivity index is 1.88. The monoisotopic (exact) mass is 289 g/mol. The van der Waals surface area contributed by atoms with E-state index in [2.05, 4.69) is 21.2 Å². The molecule has 1 fully saturated rings. The molecule has 1 aliphatic heterocycles. The lowest BCUT2D eigenvalue weighted by molar-refractivity contribution is -0.000541. The SMILES string of the molecule is Fc1cc(Br)ccc1OCC1CNCCO1. The van der Waals surface area contributed by atoms with Crippen molar-refractivity contribution in [1.29, 1.82) is 0 Å². The zero-order chi connectivity index (χ0) is 11.4. The third kappa shape index (κ3) is 3.17. The number of halogens is 2. The number of hydrogen-bond acceptors (Lipinski definition) is 3. The van der Waals surface area contributed by atoms with Crippen molar-refractivity contribution in [3.8, 4) is 5.75 Å². The van der Waals surface area contributed by atoms with Gasteiger partial charge in [0.15, 0.2) is 11.6 Å². The Morgan fingerprint density at radius 1 is 1.56 bits per heavy atom. The maximum atomic E-state index is 13.4. The number of morpholine rings is 1. The van der Waals surface area contributed by atoms with E-state index in [4.69, 9.17) is 9.47 Å². The fraction of sp³-hybridized carbons (Fsp3) is 0.455. The summed E-state index contributed by atoms with van der Waals surface area (Å²) >= 11 is 3.19. The lowest BCUT2D eigenvalue weighted by Gasteiger charge is -2.23. The third-order valence-electron chi connectivity index (χ3n) is 2.32. The van der Waals surface area contributed by atoms with E-state index in [0.29, 0.717) is 17.7 Å². The van der Waals surface area contributed by atoms with Gasteiger partial charge in [-0.3, -0.25) is 0 Å². The molecule has 1 aromatic rings. The molecule has 0 aromatic heterocycles. The van der Waals surface area contributed by atoms with Gasteiger partial charge in [0.1, 0.15) is 12.7 Å². The van der Waals surface area contributed by atoms with E-state index in [1.165, 1.54) is 6.07 Å². The summed E-state index contributed by atoms with van der Waals surface area (Å²) < 4.78 is 24.9. The Kier molecular flexibility index (Phi) is 4.15. The van der Waals surface area contributed by atoms with Crippen LogP contribution >= 0.6 is 15.9 Å². The lowest BCUT2D eigenvalue weighted by atomic mass is 10.3. The molecule has 16 heavy (non-hydrogen) atoms. The van der Waals surface area contributed by atoms with Crippen LogP contribution in [0.15, 0.2) is 22.7 Å². The first-order valence-electron chi connectivity index (χ1n) is 5.16. The van der Waals surface area contributed by atoms with E-state index < -0.39 is 0 Å². The maximum Gasteiger partial charge on any atom is 0.166 e. The van der Waals surface area contributed by atoms with Crippen molar-refractivity contribution >= 4 is 15.9 Å². The van der Waals surface area contributed by atoms with Gasteiger partial charge in [0.2, 0.25) is 0 Å². The van der Waals surface area contributed by atoms with Gasteiger partial charge in [0.25, 0.3) is 0 Å². The fourth-order valence-electron chi connectivity index (χ4n) is 1.50. The average Bonchev–Trinajstić information content (AvgIpc) is 2.29. The molecule has 1 saturated heterocycles. The highest BCUT2D eigenvalue weighted by Crippen LogP contribution is 2.21. The van der Waals surface area contributed by atoms with Gasteiger partial charge in [0, 0.05) is 17.6 Å². The molecule has 1 aromatic carbocycles. The predicted molar refractivity (Wildman–Crippen MR) is 62.2 cm³/mol.